The Morgan fingerprint density at radius 2 is 1.43 bits per heavy atom. The summed E-state index contributed by atoms with van der Waals surface area (Å²) in [5, 5.41) is 0. The second-order valence-electron chi connectivity index (χ2n) is 9.36. The van der Waals surface area contributed by atoms with Crippen molar-refractivity contribution in [3.05, 3.63) is 52.6 Å². The predicted octanol–water partition coefficient (Wildman–Crippen LogP) is 4.15. The average Bonchev–Trinajstić information content (AvgIpc) is 2.78. The summed E-state index contributed by atoms with van der Waals surface area (Å²) in [6, 6.07) is 4.16. The van der Waals surface area contributed by atoms with Crippen LogP contribution in [0.3, 0.4) is 0 Å². The molecule has 2 heterocycles. The molecule has 3 rings (SSSR count). The van der Waals surface area contributed by atoms with Gasteiger partial charge in [0.15, 0.2) is 5.60 Å². The Morgan fingerprint density at radius 1 is 0.943 bits per heavy atom. The first-order valence-corrected chi connectivity index (χ1v) is 11.7. The van der Waals surface area contributed by atoms with Gasteiger partial charge in [-0.05, 0) is 51.3 Å². The number of carbonyl (C=O) groups excluding carboxylic acids is 1. The molecule has 0 spiro atoms. The maximum atomic E-state index is 12.6. The van der Waals surface area contributed by atoms with E-state index >= 15 is 0 Å². The van der Waals surface area contributed by atoms with Gasteiger partial charge in [-0.25, -0.2) is 14.8 Å². The molecule has 0 N–H and O–H groups in total. The smallest absolute Gasteiger partial charge is 0.451 e. The molecule has 0 amide bonds. The molecule has 1 aromatic heterocycles. The van der Waals surface area contributed by atoms with Crippen molar-refractivity contribution in [2.75, 3.05) is 32.8 Å². The zero-order chi connectivity index (χ0) is 25.8. The highest BCUT2D eigenvalue weighted by Gasteiger charge is 2.34. The fraction of sp³-hybridized carbons (Fsp3) is 0.560. The van der Waals surface area contributed by atoms with E-state index in [0.29, 0.717) is 24.5 Å². The number of ether oxygens (including phenoxy) is 2. The van der Waals surface area contributed by atoms with E-state index in [1.165, 1.54) is 12.4 Å². The fourth-order valence-electron chi connectivity index (χ4n) is 4.10. The number of hydrogen-bond donors (Lipinski definition) is 0. The summed E-state index contributed by atoms with van der Waals surface area (Å²) in [6.07, 6.45) is -2.02. The van der Waals surface area contributed by atoms with Gasteiger partial charge in [0.25, 0.3) is 0 Å². The van der Waals surface area contributed by atoms with Crippen LogP contribution in [0.5, 0.6) is 5.75 Å². The van der Waals surface area contributed by atoms with E-state index < -0.39 is 23.6 Å². The number of nitrogens with zero attached hydrogens (tertiary/aromatic N) is 4. The molecule has 10 heteroatoms. The van der Waals surface area contributed by atoms with Crippen LogP contribution in [0.4, 0.5) is 13.2 Å². The van der Waals surface area contributed by atoms with E-state index in [0.717, 1.165) is 49.4 Å². The van der Waals surface area contributed by atoms with E-state index in [1.54, 1.807) is 20.8 Å². The minimum Gasteiger partial charge on any atom is -0.476 e. The van der Waals surface area contributed by atoms with Crippen molar-refractivity contribution in [2.45, 2.75) is 59.5 Å². The van der Waals surface area contributed by atoms with Gasteiger partial charge >= 0.3 is 12.1 Å². The molecule has 1 aromatic carbocycles. The maximum Gasteiger partial charge on any atom is 0.451 e. The summed E-state index contributed by atoms with van der Waals surface area (Å²) in [5.41, 5.74) is 2.66. The average molecular weight is 495 g/mol. The first-order valence-electron chi connectivity index (χ1n) is 11.7. The minimum atomic E-state index is -4.53. The Hall–Kier alpha value is -2.72. The van der Waals surface area contributed by atoms with Crippen molar-refractivity contribution < 1.29 is 27.4 Å². The summed E-state index contributed by atoms with van der Waals surface area (Å²) < 4.78 is 49.1. The summed E-state index contributed by atoms with van der Waals surface area (Å²) in [7, 11) is 0. The topological polar surface area (TPSA) is 67.8 Å². The minimum absolute atomic E-state index is 0.300. The Balaban J connectivity index is 1.55. The van der Waals surface area contributed by atoms with E-state index in [1.807, 2.05) is 13.8 Å². The number of benzene rings is 1. The fourth-order valence-corrected chi connectivity index (χ4v) is 4.10. The van der Waals surface area contributed by atoms with Crippen LogP contribution in [0.2, 0.25) is 0 Å². The molecule has 1 saturated heterocycles. The van der Waals surface area contributed by atoms with Crippen LogP contribution >= 0.6 is 0 Å². The molecule has 1 fully saturated rings. The zero-order valence-corrected chi connectivity index (χ0v) is 20.9. The number of aromatic nitrogens is 2. The monoisotopic (exact) mass is 494 g/mol. The Labute approximate surface area is 204 Å². The van der Waals surface area contributed by atoms with Crippen molar-refractivity contribution >= 4 is 5.97 Å². The lowest BCUT2D eigenvalue weighted by molar-refractivity contribution is -0.158. The van der Waals surface area contributed by atoms with Crippen LogP contribution in [0.25, 0.3) is 0 Å². The van der Waals surface area contributed by atoms with Crippen LogP contribution in [-0.2, 0) is 28.8 Å². The predicted molar refractivity (Wildman–Crippen MR) is 125 cm³/mol. The Bertz CT molecular complexity index is 995. The second-order valence-corrected chi connectivity index (χ2v) is 9.36. The molecule has 0 unspecified atom stereocenters. The third-order valence-corrected chi connectivity index (χ3v) is 5.88. The number of halogens is 3. The van der Waals surface area contributed by atoms with E-state index in [-0.39, 0.29) is 0 Å². The second kappa shape index (κ2) is 10.9. The number of hydrogen-bond acceptors (Lipinski definition) is 7. The maximum absolute atomic E-state index is 12.6. The molecule has 7 nitrogen and oxygen atoms in total. The molecular weight excluding hydrogens is 461 g/mol. The van der Waals surface area contributed by atoms with E-state index in [4.69, 9.17) is 9.47 Å². The molecule has 192 valence electrons. The molecule has 0 bridgehead atoms. The van der Waals surface area contributed by atoms with E-state index in [2.05, 4.69) is 31.9 Å². The van der Waals surface area contributed by atoms with Gasteiger partial charge < -0.3 is 9.47 Å². The highest BCUT2D eigenvalue weighted by Crippen LogP contribution is 2.30. The van der Waals surface area contributed by atoms with Crippen LogP contribution in [0.15, 0.2) is 24.5 Å². The van der Waals surface area contributed by atoms with Crippen LogP contribution < -0.4 is 4.74 Å². The van der Waals surface area contributed by atoms with Gasteiger partial charge in [-0.2, -0.15) is 13.2 Å². The molecule has 0 radical (unpaired) electrons. The van der Waals surface area contributed by atoms with Gasteiger partial charge in [0, 0.05) is 57.2 Å². The van der Waals surface area contributed by atoms with Gasteiger partial charge in [0.1, 0.15) is 5.75 Å². The van der Waals surface area contributed by atoms with Gasteiger partial charge in [-0.3, -0.25) is 9.80 Å². The Morgan fingerprint density at radius 3 is 1.89 bits per heavy atom. The zero-order valence-electron chi connectivity index (χ0n) is 20.9. The summed E-state index contributed by atoms with van der Waals surface area (Å²) >= 11 is 0. The van der Waals surface area contributed by atoms with Crippen LogP contribution in [0.1, 0.15) is 48.8 Å². The largest absolute Gasteiger partial charge is 0.476 e. The number of carbonyl (C=O) groups is 1. The van der Waals surface area contributed by atoms with Crippen molar-refractivity contribution in [1.82, 2.24) is 19.8 Å². The summed E-state index contributed by atoms with van der Waals surface area (Å²) in [6.45, 7) is 14.0. The van der Waals surface area contributed by atoms with Crippen molar-refractivity contribution in [2.24, 2.45) is 0 Å². The normalized spacial score (nSPS) is 15.8. The van der Waals surface area contributed by atoms with Gasteiger partial charge in [0.2, 0.25) is 5.82 Å². The highest BCUT2D eigenvalue weighted by atomic mass is 19.4. The molecule has 1 aliphatic rings. The van der Waals surface area contributed by atoms with Gasteiger partial charge in [-0.1, -0.05) is 12.1 Å². The number of aryl methyl sites for hydroxylation is 2. The number of esters is 1. The molecule has 0 saturated carbocycles. The van der Waals surface area contributed by atoms with Crippen molar-refractivity contribution in [1.29, 1.82) is 0 Å². The SMILES string of the molecule is CCOC(=O)C(C)(C)Oc1c(C)cc(CN2CCN(Cc3cnc(C(F)(F)F)nc3)CC2)cc1C. The van der Waals surface area contributed by atoms with Gasteiger partial charge in [-0.15, -0.1) is 0 Å². The molecule has 0 atom stereocenters. The first kappa shape index (κ1) is 26.9. The standard InChI is InChI=1S/C25H33F3N4O3/c1-6-34-23(33)24(4,5)35-21-17(2)11-19(12-18(21)3)15-31-7-9-32(10-8-31)16-20-13-29-22(30-14-20)25(26,27)28/h11-14H,6-10,15-16H2,1-5H3. The van der Waals surface area contributed by atoms with Gasteiger partial charge in [0.05, 0.1) is 6.61 Å². The lowest BCUT2D eigenvalue weighted by Gasteiger charge is -2.35. The molecule has 0 aliphatic carbocycles. The Kier molecular flexibility index (Phi) is 8.38. The first-order chi connectivity index (χ1) is 16.4. The molecular formula is C25H33F3N4O3. The summed E-state index contributed by atoms with van der Waals surface area (Å²) in [4.78, 5) is 23.6. The van der Waals surface area contributed by atoms with Crippen molar-refractivity contribution in [3.8, 4) is 5.75 Å². The third-order valence-electron chi connectivity index (χ3n) is 5.88. The number of alkyl halides is 3. The van der Waals surface area contributed by atoms with Crippen LogP contribution in [-0.4, -0.2) is 64.1 Å². The van der Waals surface area contributed by atoms with E-state index in [9.17, 15) is 18.0 Å². The third kappa shape index (κ3) is 7.14. The summed E-state index contributed by atoms with van der Waals surface area (Å²) in [5.74, 6) is -0.823. The highest BCUT2D eigenvalue weighted by molar-refractivity contribution is 5.79. The molecule has 1 aliphatic heterocycles. The quantitative estimate of drug-likeness (QED) is 0.511. The molecule has 35 heavy (non-hydrogen) atoms. The number of piperazine rings is 1. The molecule has 2 aromatic rings. The van der Waals surface area contributed by atoms with Crippen LogP contribution in [0, 0.1) is 13.8 Å². The lowest BCUT2D eigenvalue weighted by Crippen LogP contribution is -2.45. The number of rotatable bonds is 8. The lowest BCUT2D eigenvalue weighted by atomic mass is 10.0. The van der Waals surface area contributed by atoms with Crippen molar-refractivity contribution in [3.63, 3.8) is 0 Å².